The Labute approximate surface area is 167 Å². The molecule has 0 spiro atoms. The highest BCUT2D eigenvalue weighted by Crippen LogP contribution is 2.44. The largest absolute Gasteiger partial charge is 0.291 e. The third kappa shape index (κ3) is 5.02. The number of hydrogen-bond acceptors (Lipinski definition) is 5. The Bertz CT molecular complexity index is 747. The molecule has 2 aromatic carbocycles. The molecule has 0 atom stereocenters. The van der Waals surface area contributed by atoms with E-state index in [9.17, 15) is 14.4 Å². The molecule has 0 heterocycles. The third-order valence-electron chi connectivity index (χ3n) is 3.07. The molecule has 0 radical (unpaired) electrons. The lowest BCUT2D eigenvalue weighted by Gasteiger charge is -2.22. The molecule has 130 valence electrons. The van der Waals surface area contributed by atoms with E-state index in [2.05, 4.69) is 0 Å². The van der Waals surface area contributed by atoms with E-state index < -0.39 is 15.8 Å². The number of carbonyl (C=O) groups is 3. The molecule has 0 amide bonds. The Morgan fingerprint density at radius 3 is 1.48 bits per heavy atom. The number of carbonyl (C=O) groups excluding carboxylic acids is 3. The van der Waals surface area contributed by atoms with Crippen LogP contribution in [0.25, 0.3) is 0 Å². The summed E-state index contributed by atoms with van der Waals surface area (Å²) in [5.41, 5.74) is 0.441. The second-order valence-corrected chi connectivity index (χ2v) is 9.11. The van der Waals surface area contributed by atoms with Crippen LogP contribution in [0.15, 0.2) is 48.5 Å². The summed E-state index contributed by atoms with van der Waals surface area (Å²) in [7, 11) is 1.46. The van der Waals surface area contributed by atoms with Gasteiger partial charge in [0, 0.05) is 28.1 Å². The molecular formula is C17H11Cl3O3S2. The van der Waals surface area contributed by atoms with E-state index in [1.807, 2.05) is 0 Å². The Morgan fingerprint density at radius 2 is 1.16 bits per heavy atom. The monoisotopic (exact) mass is 432 g/mol. The van der Waals surface area contributed by atoms with Crippen LogP contribution in [0.3, 0.4) is 0 Å². The predicted molar refractivity (Wildman–Crippen MR) is 106 cm³/mol. The maximum Gasteiger partial charge on any atom is 0.225 e. The van der Waals surface area contributed by atoms with E-state index in [4.69, 9.17) is 34.8 Å². The summed E-state index contributed by atoms with van der Waals surface area (Å²) < 4.78 is -1.99. The summed E-state index contributed by atoms with van der Waals surface area (Å²) in [5.74, 6) is -1.24. The van der Waals surface area contributed by atoms with Gasteiger partial charge in [-0.2, -0.15) is 0 Å². The van der Waals surface area contributed by atoms with Gasteiger partial charge in [-0.15, -0.1) is 0 Å². The average molecular weight is 434 g/mol. The molecule has 0 aliphatic carbocycles. The Balaban J connectivity index is 2.43. The van der Waals surface area contributed by atoms with E-state index in [1.54, 1.807) is 0 Å². The van der Waals surface area contributed by atoms with Crippen molar-refractivity contribution in [2.75, 3.05) is 0 Å². The van der Waals surface area contributed by atoms with Crippen LogP contribution in [-0.2, 0) is 4.79 Å². The van der Waals surface area contributed by atoms with Crippen LogP contribution in [0.2, 0.25) is 10.0 Å². The molecule has 0 saturated carbocycles. The van der Waals surface area contributed by atoms with Crippen molar-refractivity contribution in [3.8, 4) is 0 Å². The smallest absolute Gasteiger partial charge is 0.225 e. The summed E-state index contributed by atoms with van der Waals surface area (Å²) in [6.07, 6.45) is 0. The Hall–Kier alpha value is -0.980. The van der Waals surface area contributed by atoms with Gasteiger partial charge in [-0.1, -0.05) is 34.8 Å². The molecule has 0 aliphatic rings. The molecule has 0 saturated heterocycles. The molecule has 0 unspecified atom stereocenters. The van der Waals surface area contributed by atoms with Gasteiger partial charge in [0.2, 0.25) is 15.8 Å². The van der Waals surface area contributed by atoms with Crippen molar-refractivity contribution in [3.63, 3.8) is 0 Å². The fourth-order valence-corrected chi connectivity index (χ4v) is 4.39. The van der Waals surface area contributed by atoms with Crippen LogP contribution in [0.5, 0.6) is 0 Å². The van der Waals surface area contributed by atoms with Crippen LogP contribution in [0.4, 0.5) is 0 Å². The van der Waals surface area contributed by atoms with Crippen LogP contribution < -0.4 is 0 Å². The van der Waals surface area contributed by atoms with E-state index >= 15 is 0 Å². The summed E-state index contributed by atoms with van der Waals surface area (Å²) in [6, 6.07) is 12.0. The second-order valence-electron chi connectivity index (χ2n) is 4.93. The number of hydrogen-bond donors (Lipinski definition) is 0. The minimum absolute atomic E-state index is 0.221. The van der Waals surface area contributed by atoms with Crippen LogP contribution >= 0.6 is 56.4 Å². The van der Waals surface area contributed by atoms with Crippen LogP contribution in [0, 0.1) is 0 Å². The molecule has 2 rings (SSSR count). The van der Waals surface area contributed by atoms with E-state index in [-0.39, 0.29) is 16.2 Å². The topological polar surface area (TPSA) is 51.2 Å². The number of alkyl halides is 1. The van der Waals surface area contributed by atoms with Gasteiger partial charge in [-0.3, -0.25) is 14.4 Å². The van der Waals surface area contributed by atoms with Gasteiger partial charge in [0.15, 0.2) is 5.12 Å². The molecule has 2 aromatic rings. The van der Waals surface area contributed by atoms with Gasteiger partial charge in [0.25, 0.3) is 0 Å². The fourth-order valence-electron chi connectivity index (χ4n) is 1.87. The lowest BCUT2D eigenvalue weighted by Crippen LogP contribution is -2.37. The quantitative estimate of drug-likeness (QED) is 0.245. The van der Waals surface area contributed by atoms with Crippen LogP contribution in [0.1, 0.15) is 27.6 Å². The van der Waals surface area contributed by atoms with E-state index in [1.165, 1.54) is 55.5 Å². The maximum atomic E-state index is 12.9. The molecule has 0 N–H and O–H groups in total. The van der Waals surface area contributed by atoms with E-state index in [0.29, 0.717) is 20.8 Å². The summed E-state index contributed by atoms with van der Waals surface area (Å²) in [4.78, 5) is 37.1. The minimum atomic E-state index is -1.99. The first-order valence-electron chi connectivity index (χ1n) is 6.90. The Morgan fingerprint density at radius 1 is 0.800 bits per heavy atom. The van der Waals surface area contributed by atoms with E-state index in [0.717, 1.165) is 10.8 Å². The zero-order valence-electron chi connectivity index (χ0n) is 12.8. The highest BCUT2D eigenvalue weighted by atomic mass is 35.5. The molecule has 0 bridgehead atoms. The first-order valence-corrected chi connectivity index (χ1v) is 10.2. The maximum absolute atomic E-state index is 12.9. The molecule has 0 fully saturated rings. The van der Waals surface area contributed by atoms with Crippen molar-refractivity contribution >= 4 is 73.1 Å². The molecular weight excluding hydrogens is 423 g/mol. The lowest BCUT2D eigenvalue weighted by molar-refractivity contribution is -0.109. The number of halogens is 3. The van der Waals surface area contributed by atoms with Gasteiger partial charge in [-0.25, -0.2) is 0 Å². The molecule has 3 nitrogen and oxygen atoms in total. The average Bonchev–Trinajstić information content (AvgIpc) is 2.59. The highest BCUT2D eigenvalue weighted by Gasteiger charge is 2.46. The van der Waals surface area contributed by atoms with Gasteiger partial charge in [0.05, 0.1) is 0 Å². The number of benzene rings is 2. The number of ketones is 2. The lowest BCUT2D eigenvalue weighted by atomic mass is 10.0. The van der Waals surface area contributed by atoms with Crippen molar-refractivity contribution in [1.82, 2.24) is 0 Å². The van der Waals surface area contributed by atoms with Gasteiger partial charge < -0.3 is 0 Å². The predicted octanol–water partition coefficient (Wildman–Crippen LogP) is 5.92. The van der Waals surface area contributed by atoms with Crippen molar-refractivity contribution in [2.45, 2.75) is 11.1 Å². The summed E-state index contributed by atoms with van der Waals surface area (Å²) >= 11 is 18.1. The van der Waals surface area contributed by atoms with Crippen molar-refractivity contribution in [3.05, 3.63) is 69.7 Å². The first kappa shape index (κ1) is 20.3. The summed E-state index contributed by atoms with van der Waals surface area (Å²) in [5, 5.41) is 0.626. The summed E-state index contributed by atoms with van der Waals surface area (Å²) in [6.45, 7) is 1.33. The highest BCUT2D eigenvalue weighted by molar-refractivity contribution is 8.83. The Kier molecular flexibility index (Phi) is 7.00. The zero-order valence-corrected chi connectivity index (χ0v) is 16.7. The third-order valence-corrected chi connectivity index (χ3v) is 7.05. The molecule has 25 heavy (non-hydrogen) atoms. The van der Waals surface area contributed by atoms with Crippen molar-refractivity contribution < 1.29 is 14.4 Å². The minimum Gasteiger partial charge on any atom is -0.291 e. The molecule has 8 heteroatoms. The van der Waals surface area contributed by atoms with Gasteiger partial charge in [-0.05, 0) is 70.1 Å². The molecule has 0 aliphatic heterocycles. The van der Waals surface area contributed by atoms with Crippen LogP contribution in [-0.4, -0.2) is 20.9 Å². The first-order chi connectivity index (χ1) is 11.7. The SMILES string of the molecule is CC(=O)SSC(Cl)(C(=O)c1ccc(Cl)cc1)C(=O)c1ccc(Cl)cc1. The standard InChI is InChI=1S/C17H11Cl3O3S2/c1-10(21)24-25-17(20,15(22)11-2-6-13(18)7-3-11)16(23)12-4-8-14(19)9-5-12/h2-9H,1H3. The zero-order chi connectivity index (χ0) is 18.6. The number of rotatable bonds is 6. The number of Topliss-reactive ketones (excluding diaryl/α,β-unsaturated/α-hetero) is 2. The van der Waals surface area contributed by atoms with Crippen molar-refractivity contribution in [1.29, 1.82) is 0 Å². The fraction of sp³-hybridized carbons (Fsp3) is 0.118. The van der Waals surface area contributed by atoms with Crippen molar-refractivity contribution in [2.24, 2.45) is 0 Å². The van der Waals surface area contributed by atoms with Gasteiger partial charge >= 0.3 is 0 Å². The van der Waals surface area contributed by atoms with Gasteiger partial charge in [0.1, 0.15) is 0 Å². The second kappa shape index (κ2) is 8.60. The molecule has 0 aromatic heterocycles. The normalized spacial score (nSPS) is 11.2.